The van der Waals surface area contributed by atoms with Crippen LogP contribution in [-0.2, 0) is 0 Å². The van der Waals surface area contributed by atoms with Crippen LogP contribution in [0.25, 0.3) is 0 Å². The molecular weight excluding hydrogens is 140 g/mol. The summed E-state index contributed by atoms with van der Waals surface area (Å²) < 4.78 is 0. The molecule has 1 aliphatic rings. The second-order valence-electron chi connectivity index (χ2n) is 2.61. The van der Waals surface area contributed by atoms with Crippen molar-refractivity contribution in [3.8, 4) is 0 Å². The molecule has 1 unspecified atom stereocenters. The van der Waals surface area contributed by atoms with E-state index in [2.05, 4.69) is 18.5 Å². The summed E-state index contributed by atoms with van der Waals surface area (Å²) in [6.45, 7) is 7.08. The van der Waals surface area contributed by atoms with Crippen LogP contribution in [0.1, 0.15) is 13.3 Å². The van der Waals surface area contributed by atoms with Gasteiger partial charge in [-0.2, -0.15) is 0 Å². The highest BCUT2D eigenvalue weighted by Crippen LogP contribution is 2.12. The van der Waals surface area contributed by atoms with Crippen molar-refractivity contribution in [1.29, 1.82) is 0 Å². The minimum atomic E-state index is 0.211. The van der Waals surface area contributed by atoms with Crippen LogP contribution in [0.15, 0.2) is 17.6 Å². The van der Waals surface area contributed by atoms with Crippen molar-refractivity contribution in [2.24, 2.45) is 10.9 Å². The predicted molar refractivity (Wildman–Crippen MR) is 44.8 cm³/mol. The van der Waals surface area contributed by atoms with Crippen molar-refractivity contribution >= 4 is 5.84 Å². The molecular formula is C8H14N2O. The number of aliphatic imine (C=N–C) groups is 1. The molecule has 0 saturated heterocycles. The molecule has 0 aromatic carbocycles. The maximum atomic E-state index is 9.28. The van der Waals surface area contributed by atoms with Gasteiger partial charge in [-0.15, -0.1) is 6.58 Å². The summed E-state index contributed by atoms with van der Waals surface area (Å²) in [6.07, 6.45) is 2.77. The van der Waals surface area contributed by atoms with Gasteiger partial charge in [0.05, 0.1) is 13.1 Å². The van der Waals surface area contributed by atoms with Gasteiger partial charge in [0.1, 0.15) is 5.84 Å². The van der Waals surface area contributed by atoms with Gasteiger partial charge in [0.15, 0.2) is 0 Å². The summed E-state index contributed by atoms with van der Waals surface area (Å²) in [5, 5.41) is 10.5. The molecule has 0 spiro atoms. The zero-order valence-electron chi connectivity index (χ0n) is 6.82. The van der Waals surface area contributed by atoms with E-state index in [4.69, 9.17) is 0 Å². The summed E-state index contributed by atoms with van der Waals surface area (Å²) in [5.41, 5.74) is 0. The molecule has 0 fully saturated rings. The first kappa shape index (κ1) is 8.27. The smallest absolute Gasteiger partial charge is 0.130 e. The first-order chi connectivity index (χ1) is 5.29. The first-order valence-corrected chi connectivity index (χ1v) is 3.93. The predicted octanol–water partition coefficient (Wildman–Crippen LogP) is 1.30. The van der Waals surface area contributed by atoms with Crippen molar-refractivity contribution in [1.82, 2.24) is 5.06 Å². The van der Waals surface area contributed by atoms with Crippen LogP contribution in [0, 0.1) is 5.92 Å². The van der Waals surface area contributed by atoms with E-state index in [1.165, 1.54) is 5.06 Å². The van der Waals surface area contributed by atoms with Gasteiger partial charge >= 0.3 is 0 Å². The molecule has 1 aliphatic heterocycles. The largest absolute Gasteiger partial charge is 0.287 e. The van der Waals surface area contributed by atoms with Gasteiger partial charge in [-0.1, -0.05) is 13.0 Å². The molecule has 0 radical (unpaired) electrons. The summed E-state index contributed by atoms with van der Waals surface area (Å²) in [4.78, 5) is 4.18. The minimum absolute atomic E-state index is 0.211. The number of hydrogen-bond acceptors (Lipinski definition) is 3. The highest BCUT2D eigenvalue weighted by atomic mass is 16.5. The lowest BCUT2D eigenvalue weighted by molar-refractivity contribution is -0.00688. The van der Waals surface area contributed by atoms with Crippen LogP contribution in [0.3, 0.4) is 0 Å². The topological polar surface area (TPSA) is 35.8 Å². The van der Waals surface area contributed by atoms with E-state index in [0.717, 1.165) is 12.3 Å². The molecule has 0 aromatic rings. The maximum Gasteiger partial charge on any atom is 0.130 e. The van der Waals surface area contributed by atoms with Crippen molar-refractivity contribution < 1.29 is 5.21 Å². The van der Waals surface area contributed by atoms with Crippen molar-refractivity contribution in [2.75, 3.05) is 13.1 Å². The first-order valence-electron chi connectivity index (χ1n) is 3.93. The molecule has 11 heavy (non-hydrogen) atoms. The Labute approximate surface area is 67.0 Å². The van der Waals surface area contributed by atoms with Crippen molar-refractivity contribution in [3.63, 3.8) is 0 Å². The Morgan fingerprint density at radius 2 is 2.64 bits per heavy atom. The molecule has 1 heterocycles. The van der Waals surface area contributed by atoms with Crippen molar-refractivity contribution in [3.05, 3.63) is 12.7 Å². The van der Waals surface area contributed by atoms with Crippen LogP contribution in [0.5, 0.6) is 0 Å². The lowest BCUT2D eigenvalue weighted by Gasteiger charge is -2.16. The van der Waals surface area contributed by atoms with Crippen LogP contribution in [0.4, 0.5) is 0 Å². The molecule has 62 valence electrons. The Kier molecular flexibility index (Phi) is 2.65. The molecule has 3 nitrogen and oxygen atoms in total. The fraction of sp³-hybridized carbons (Fsp3) is 0.625. The van der Waals surface area contributed by atoms with E-state index < -0.39 is 0 Å². The van der Waals surface area contributed by atoms with Gasteiger partial charge < -0.3 is 0 Å². The summed E-state index contributed by atoms with van der Waals surface area (Å²) >= 11 is 0. The second kappa shape index (κ2) is 3.53. The number of rotatable bonds is 3. The lowest BCUT2D eigenvalue weighted by Crippen LogP contribution is -2.28. The molecule has 0 saturated carbocycles. The Bertz CT molecular complexity index is 177. The molecule has 0 amide bonds. The van der Waals surface area contributed by atoms with E-state index in [1.54, 1.807) is 0 Å². The summed E-state index contributed by atoms with van der Waals surface area (Å²) in [7, 11) is 0. The standard InChI is InChI=1S/C8H14N2O/c1-3-7(4-2)8-9-5-6-10(8)11/h3,7,11H,1,4-6H2,2H3. The lowest BCUT2D eigenvalue weighted by atomic mass is 10.1. The van der Waals surface area contributed by atoms with Gasteiger partial charge in [-0.25, -0.2) is 5.06 Å². The zero-order chi connectivity index (χ0) is 8.27. The third kappa shape index (κ3) is 1.60. The fourth-order valence-electron chi connectivity index (χ4n) is 1.22. The van der Waals surface area contributed by atoms with E-state index >= 15 is 0 Å². The van der Waals surface area contributed by atoms with Crippen LogP contribution in [0.2, 0.25) is 0 Å². The Balaban J connectivity index is 2.63. The highest BCUT2D eigenvalue weighted by Gasteiger charge is 2.20. The third-order valence-corrected chi connectivity index (χ3v) is 1.91. The Morgan fingerprint density at radius 1 is 1.91 bits per heavy atom. The average Bonchev–Trinajstić information content (AvgIpc) is 2.40. The van der Waals surface area contributed by atoms with Gasteiger partial charge in [-0.3, -0.25) is 10.2 Å². The SMILES string of the molecule is C=CC(CC)C1=NCCN1O. The number of nitrogens with zero attached hydrogens (tertiary/aromatic N) is 2. The quantitative estimate of drug-likeness (QED) is 0.622. The highest BCUT2D eigenvalue weighted by molar-refractivity contribution is 5.86. The molecule has 1 rings (SSSR count). The Hall–Kier alpha value is -0.830. The van der Waals surface area contributed by atoms with Crippen LogP contribution >= 0.6 is 0 Å². The summed E-state index contributed by atoms with van der Waals surface area (Å²) in [5.74, 6) is 0.977. The van der Waals surface area contributed by atoms with E-state index in [9.17, 15) is 5.21 Å². The summed E-state index contributed by atoms with van der Waals surface area (Å²) in [6, 6.07) is 0. The maximum absolute atomic E-state index is 9.28. The van der Waals surface area contributed by atoms with Gasteiger partial charge in [0, 0.05) is 5.92 Å². The fourth-order valence-corrected chi connectivity index (χ4v) is 1.22. The van der Waals surface area contributed by atoms with E-state index in [1.807, 2.05) is 6.08 Å². The van der Waals surface area contributed by atoms with Crippen LogP contribution < -0.4 is 0 Å². The molecule has 0 aromatic heterocycles. The van der Waals surface area contributed by atoms with E-state index in [0.29, 0.717) is 13.1 Å². The Morgan fingerprint density at radius 3 is 3.00 bits per heavy atom. The van der Waals surface area contributed by atoms with Crippen LogP contribution in [-0.4, -0.2) is 29.2 Å². The third-order valence-electron chi connectivity index (χ3n) is 1.91. The second-order valence-corrected chi connectivity index (χ2v) is 2.61. The molecule has 0 aliphatic carbocycles. The molecule has 3 heteroatoms. The molecule has 0 bridgehead atoms. The normalized spacial score (nSPS) is 19.8. The number of hydroxylamine groups is 2. The van der Waals surface area contributed by atoms with E-state index in [-0.39, 0.29) is 5.92 Å². The van der Waals surface area contributed by atoms with Crippen molar-refractivity contribution in [2.45, 2.75) is 13.3 Å². The average molecular weight is 154 g/mol. The molecule has 1 atom stereocenters. The van der Waals surface area contributed by atoms with Gasteiger partial charge in [-0.05, 0) is 6.42 Å². The van der Waals surface area contributed by atoms with Gasteiger partial charge in [0.25, 0.3) is 0 Å². The zero-order valence-corrected chi connectivity index (χ0v) is 6.82. The number of hydrogen-bond donors (Lipinski definition) is 1. The van der Waals surface area contributed by atoms with Gasteiger partial charge in [0.2, 0.25) is 0 Å². The molecule has 1 N–H and O–H groups in total. The minimum Gasteiger partial charge on any atom is -0.287 e. The number of amidine groups is 1. The monoisotopic (exact) mass is 154 g/mol.